The molecule has 0 saturated heterocycles. The van der Waals surface area contributed by atoms with E-state index in [0.29, 0.717) is 25.6 Å². The minimum Gasteiger partial charge on any atom is -0.298 e. The molecular weight excluding hydrogens is 351 g/mol. The summed E-state index contributed by atoms with van der Waals surface area (Å²) in [4.78, 5) is 11.2. The third-order valence-electron chi connectivity index (χ3n) is 2.88. The number of hydrogen-bond donors (Lipinski definition) is 0. The van der Waals surface area contributed by atoms with Crippen molar-refractivity contribution in [1.29, 1.82) is 0 Å². The second kappa shape index (κ2) is 5.81. The van der Waals surface area contributed by atoms with Crippen molar-refractivity contribution < 1.29 is 4.79 Å². The van der Waals surface area contributed by atoms with Crippen LogP contribution in [-0.4, -0.2) is 16.1 Å². The number of rotatable bonds is 3. The summed E-state index contributed by atoms with van der Waals surface area (Å²) < 4.78 is 2.23. The summed E-state index contributed by atoms with van der Waals surface area (Å²) in [7, 11) is 0. The summed E-state index contributed by atoms with van der Waals surface area (Å²) in [6.07, 6.45) is 2.41. The quantitative estimate of drug-likeness (QED) is 0.590. The van der Waals surface area contributed by atoms with Crippen LogP contribution in [-0.2, 0) is 0 Å². The van der Waals surface area contributed by atoms with E-state index in [9.17, 15) is 4.79 Å². The Bertz CT molecular complexity index is 825. The molecule has 0 atom stereocenters. The highest BCUT2D eigenvalue weighted by Gasteiger charge is 2.13. The molecule has 0 bridgehead atoms. The SMILES string of the molecule is O=Cc1cn(-c2ccc(Cl)c(Cl)c2)nc1-c1csc(Cl)c1. The Hall–Kier alpha value is -1.33. The van der Waals surface area contributed by atoms with Crippen LogP contribution in [0.15, 0.2) is 35.8 Å². The van der Waals surface area contributed by atoms with Crippen LogP contribution in [0.2, 0.25) is 14.4 Å². The van der Waals surface area contributed by atoms with Crippen LogP contribution in [0, 0.1) is 0 Å². The lowest BCUT2D eigenvalue weighted by molar-refractivity contribution is 0.112. The van der Waals surface area contributed by atoms with Gasteiger partial charge < -0.3 is 0 Å². The first-order valence-corrected chi connectivity index (χ1v) is 7.84. The Labute approximate surface area is 139 Å². The number of halogens is 3. The highest BCUT2D eigenvalue weighted by molar-refractivity contribution is 7.14. The fourth-order valence-corrected chi connectivity index (χ4v) is 3.05. The molecule has 0 unspecified atom stereocenters. The molecular formula is C14H7Cl3N2OS. The number of aromatic nitrogens is 2. The molecule has 2 heterocycles. The van der Waals surface area contributed by atoms with Gasteiger partial charge in [-0.3, -0.25) is 4.79 Å². The van der Waals surface area contributed by atoms with E-state index < -0.39 is 0 Å². The molecule has 0 saturated carbocycles. The molecule has 3 nitrogen and oxygen atoms in total. The van der Waals surface area contributed by atoms with Crippen molar-refractivity contribution in [2.45, 2.75) is 0 Å². The van der Waals surface area contributed by atoms with Gasteiger partial charge in [0.2, 0.25) is 0 Å². The zero-order valence-corrected chi connectivity index (χ0v) is 13.5. The second-order valence-corrected chi connectivity index (χ2v) is 6.59. The van der Waals surface area contributed by atoms with Crippen molar-refractivity contribution in [3.8, 4) is 16.9 Å². The predicted octanol–water partition coefficient (Wildman–Crippen LogP) is 5.37. The highest BCUT2D eigenvalue weighted by Crippen LogP contribution is 2.31. The molecule has 3 aromatic rings. The summed E-state index contributed by atoms with van der Waals surface area (Å²) in [6, 6.07) is 6.93. The maximum Gasteiger partial charge on any atom is 0.153 e. The van der Waals surface area contributed by atoms with Crippen LogP contribution in [0.4, 0.5) is 0 Å². The average Bonchev–Trinajstić information content (AvgIpc) is 3.07. The zero-order valence-electron chi connectivity index (χ0n) is 10.4. The Morgan fingerprint density at radius 3 is 2.57 bits per heavy atom. The van der Waals surface area contributed by atoms with Crippen LogP contribution in [0.3, 0.4) is 0 Å². The maximum absolute atomic E-state index is 11.2. The predicted molar refractivity (Wildman–Crippen MR) is 87.3 cm³/mol. The molecule has 0 aliphatic heterocycles. The number of thiophene rings is 1. The van der Waals surface area contributed by atoms with Crippen molar-refractivity contribution in [3.63, 3.8) is 0 Å². The van der Waals surface area contributed by atoms with E-state index in [1.54, 1.807) is 35.1 Å². The monoisotopic (exact) mass is 356 g/mol. The van der Waals surface area contributed by atoms with Gasteiger partial charge in [-0.1, -0.05) is 34.8 Å². The number of hydrogen-bond acceptors (Lipinski definition) is 3. The fraction of sp³-hybridized carbons (Fsp3) is 0. The van der Waals surface area contributed by atoms with E-state index in [0.717, 1.165) is 17.5 Å². The Morgan fingerprint density at radius 1 is 1.14 bits per heavy atom. The smallest absolute Gasteiger partial charge is 0.153 e. The molecule has 0 radical (unpaired) electrons. The van der Waals surface area contributed by atoms with Crippen molar-refractivity contribution in [2.75, 3.05) is 0 Å². The molecule has 106 valence electrons. The Kier molecular flexibility index (Phi) is 4.04. The summed E-state index contributed by atoms with van der Waals surface area (Å²) in [5.41, 5.74) is 2.60. The van der Waals surface area contributed by atoms with Crippen molar-refractivity contribution in [2.24, 2.45) is 0 Å². The van der Waals surface area contributed by atoms with Crippen molar-refractivity contribution in [3.05, 3.63) is 55.8 Å². The molecule has 0 fully saturated rings. The van der Waals surface area contributed by atoms with Gasteiger partial charge >= 0.3 is 0 Å². The van der Waals surface area contributed by atoms with E-state index in [4.69, 9.17) is 34.8 Å². The molecule has 2 aromatic heterocycles. The summed E-state index contributed by atoms with van der Waals surface area (Å²) in [5.74, 6) is 0. The topological polar surface area (TPSA) is 34.9 Å². The van der Waals surface area contributed by atoms with Crippen molar-refractivity contribution in [1.82, 2.24) is 9.78 Å². The third-order valence-corrected chi connectivity index (χ3v) is 4.71. The van der Waals surface area contributed by atoms with E-state index in [1.807, 2.05) is 5.38 Å². The molecule has 7 heteroatoms. The number of benzene rings is 1. The van der Waals surface area contributed by atoms with Crippen LogP contribution in [0.5, 0.6) is 0 Å². The van der Waals surface area contributed by atoms with E-state index >= 15 is 0 Å². The summed E-state index contributed by atoms with van der Waals surface area (Å²) >= 11 is 19.2. The lowest BCUT2D eigenvalue weighted by Gasteiger charge is -2.02. The average molecular weight is 358 g/mol. The number of carbonyl (C=O) groups is 1. The maximum atomic E-state index is 11.2. The molecule has 0 N–H and O–H groups in total. The highest BCUT2D eigenvalue weighted by atomic mass is 35.5. The summed E-state index contributed by atoms with van der Waals surface area (Å²) in [5, 5.41) is 7.19. The molecule has 0 spiro atoms. The fourth-order valence-electron chi connectivity index (χ4n) is 1.89. The first kappa shape index (κ1) is 14.6. The van der Waals surface area contributed by atoms with Gasteiger partial charge in [-0.2, -0.15) is 5.10 Å². The van der Waals surface area contributed by atoms with Gasteiger partial charge in [0, 0.05) is 17.1 Å². The number of carbonyl (C=O) groups excluding carboxylic acids is 1. The molecule has 3 rings (SSSR count). The van der Waals surface area contributed by atoms with Gasteiger partial charge in [0.1, 0.15) is 5.69 Å². The first-order chi connectivity index (χ1) is 10.1. The minimum atomic E-state index is 0.428. The minimum absolute atomic E-state index is 0.428. The van der Waals surface area contributed by atoms with E-state index in [1.165, 1.54) is 11.3 Å². The second-order valence-electron chi connectivity index (χ2n) is 4.23. The van der Waals surface area contributed by atoms with Crippen LogP contribution < -0.4 is 0 Å². The Balaban J connectivity index is 2.10. The number of nitrogens with zero attached hydrogens (tertiary/aromatic N) is 2. The lowest BCUT2D eigenvalue weighted by atomic mass is 10.2. The Morgan fingerprint density at radius 2 is 1.95 bits per heavy atom. The first-order valence-electron chi connectivity index (χ1n) is 5.83. The molecule has 1 aromatic carbocycles. The van der Waals surface area contributed by atoms with Gasteiger partial charge in [0.15, 0.2) is 6.29 Å². The van der Waals surface area contributed by atoms with Gasteiger partial charge in [0.25, 0.3) is 0 Å². The zero-order chi connectivity index (χ0) is 15.0. The van der Waals surface area contributed by atoms with E-state index in [2.05, 4.69) is 5.10 Å². The van der Waals surface area contributed by atoms with Gasteiger partial charge in [-0.25, -0.2) is 4.68 Å². The lowest BCUT2D eigenvalue weighted by Crippen LogP contribution is -1.94. The molecule has 21 heavy (non-hydrogen) atoms. The standard InChI is InChI=1S/C14H7Cl3N2OS/c15-11-2-1-10(4-12(11)16)19-5-9(6-20)14(18-19)8-3-13(17)21-7-8/h1-7H. The van der Waals surface area contributed by atoms with Crippen LogP contribution in [0.1, 0.15) is 10.4 Å². The van der Waals surface area contributed by atoms with Gasteiger partial charge in [-0.15, -0.1) is 11.3 Å². The summed E-state index contributed by atoms with van der Waals surface area (Å²) in [6.45, 7) is 0. The van der Waals surface area contributed by atoms with Gasteiger partial charge in [-0.05, 0) is 24.3 Å². The molecule has 0 aliphatic rings. The third kappa shape index (κ3) is 2.85. The van der Waals surface area contributed by atoms with Crippen molar-refractivity contribution >= 4 is 52.4 Å². The van der Waals surface area contributed by atoms with Crippen LogP contribution in [0.25, 0.3) is 16.9 Å². The van der Waals surface area contributed by atoms with Gasteiger partial charge in [0.05, 0.1) is 25.6 Å². The van der Waals surface area contributed by atoms with E-state index in [-0.39, 0.29) is 0 Å². The van der Waals surface area contributed by atoms with Crippen LogP contribution >= 0.6 is 46.1 Å². The molecule has 0 amide bonds. The molecule has 0 aliphatic carbocycles. The number of aldehydes is 1. The normalized spacial score (nSPS) is 10.8. The largest absolute Gasteiger partial charge is 0.298 e.